The minimum Gasteiger partial charge on any atom is -0.351 e. The number of benzene rings is 2. The van der Waals surface area contributed by atoms with Crippen LogP contribution in [-0.2, 0) is 20.8 Å². The molecule has 1 aliphatic rings. The van der Waals surface area contributed by atoms with E-state index >= 15 is 0 Å². The highest BCUT2D eigenvalue weighted by molar-refractivity contribution is 5.99. The van der Waals surface area contributed by atoms with Crippen LogP contribution in [0.2, 0.25) is 0 Å². The van der Waals surface area contributed by atoms with E-state index in [0.717, 1.165) is 16.5 Å². The van der Waals surface area contributed by atoms with Gasteiger partial charge in [0.1, 0.15) is 6.04 Å². The lowest BCUT2D eigenvalue weighted by Crippen LogP contribution is -2.50. The molecule has 4 rings (SSSR count). The number of aromatic nitrogens is 1. The molecule has 1 aliphatic heterocycles. The Morgan fingerprint density at radius 2 is 1.83 bits per heavy atom. The van der Waals surface area contributed by atoms with Crippen molar-refractivity contribution in [1.29, 1.82) is 0 Å². The number of carbonyl (C=O) groups excluding carboxylic acids is 3. The zero-order valence-electron chi connectivity index (χ0n) is 20.2. The number of fused-ring (bicyclic) bond motifs is 1. The molecular weight excluding hydrogens is 456 g/mol. The highest BCUT2D eigenvalue weighted by Crippen LogP contribution is 2.17. The van der Waals surface area contributed by atoms with E-state index in [9.17, 15) is 14.4 Å². The highest BCUT2D eigenvalue weighted by atomic mass is 16.2. The molecule has 1 saturated heterocycles. The maximum Gasteiger partial charge on any atom is 0.247 e. The van der Waals surface area contributed by atoms with E-state index in [2.05, 4.69) is 26.3 Å². The number of hydrogen-bond donors (Lipinski definition) is 5. The van der Waals surface area contributed by atoms with Gasteiger partial charge in [0, 0.05) is 18.0 Å². The number of rotatable bonds is 9. The summed E-state index contributed by atoms with van der Waals surface area (Å²) in [6.45, 7) is 2.07. The number of nitrogens with zero attached hydrogens (tertiary/aromatic N) is 1. The summed E-state index contributed by atoms with van der Waals surface area (Å²) in [6.07, 6.45) is 3.09. The Morgan fingerprint density at radius 1 is 1.08 bits per heavy atom. The Morgan fingerprint density at radius 3 is 2.61 bits per heavy atom. The molecule has 9 heteroatoms. The largest absolute Gasteiger partial charge is 0.351 e. The number of hydrogen-bond acceptors (Lipinski definition) is 6. The Balaban J connectivity index is 1.42. The Labute approximate surface area is 210 Å². The van der Waals surface area contributed by atoms with Crippen molar-refractivity contribution < 1.29 is 14.4 Å². The lowest BCUT2D eigenvalue weighted by molar-refractivity contribution is -0.127. The second kappa shape index (κ2) is 11.7. The van der Waals surface area contributed by atoms with Crippen molar-refractivity contribution in [3.8, 4) is 0 Å². The van der Waals surface area contributed by atoms with Gasteiger partial charge in [-0.05, 0) is 43.9 Å². The molecule has 0 saturated carbocycles. The van der Waals surface area contributed by atoms with Crippen molar-refractivity contribution in [3.63, 3.8) is 0 Å². The zero-order valence-corrected chi connectivity index (χ0v) is 20.2. The predicted octanol–water partition coefficient (Wildman–Crippen LogP) is 1.48. The van der Waals surface area contributed by atoms with Crippen LogP contribution in [0, 0.1) is 0 Å². The van der Waals surface area contributed by atoms with Crippen molar-refractivity contribution in [2.24, 2.45) is 5.73 Å². The molecule has 1 fully saturated rings. The molecule has 36 heavy (non-hydrogen) atoms. The Kier molecular flexibility index (Phi) is 8.24. The van der Waals surface area contributed by atoms with E-state index in [1.54, 1.807) is 13.1 Å². The third kappa shape index (κ3) is 6.65. The van der Waals surface area contributed by atoms with Gasteiger partial charge in [-0.25, -0.2) is 0 Å². The third-order valence-electron chi connectivity index (χ3n) is 6.26. The third-order valence-corrected chi connectivity index (χ3v) is 6.26. The summed E-state index contributed by atoms with van der Waals surface area (Å²) in [5, 5.41) is 12.7. The van der Waals surface area contributed by atoms with Crippen LogP contribution >= 0.6 is 0 Å². The van der Waals surface area contributed by atoms with Crippen molar-refractivity contribution in [2.45, 2.75) is 50.4 Å². The number of aryl methyl sites for hydroxylation is 1. The molecule has 9 nitrogen and oxygen atoms in total. The standard InChI is InChI=1S/C27H32N6O3/c1-17(28)25(34)31-21-14-24(30-16-21)27(36)33-23(12-11-18-7-3-2-4-8-18)26(35)32-20-13-19-9-5-6-10-22(19)29-15-20/h2-10,13,15,17,21,23-24,30H,11-12,14,16,28H2,1H3,(H,31,34)(H,32,35)(H,33,36)/t17-,21+,23-,24-/m1/s1. The van der Waals surface area contributed by atoms with Gasteiger partial charge in [-0.2, -0.15) is 0 Å². The second-order valence-corrected chi connectivity index (χ2v) is 9.18. The van der Waals surface area contributed by atoms with Crippen molar-refractivity contribution in [3.05, 3.63) is 72.4 Å². The van der Waals surface area contributed by atoms with Crippen LogP contribution in [0.5, 0.6) is 0 Å². The van der Waals surface area contributed by atoms with Crippen molar-refractivity contribution in [1.82, 2.24) is 20.9 Å². The SMILES string of the molecule is C[C@@H](N)C(=O)N[C@@H]1CN[C@@H](C(=O)N[C@H](CCc2ccccc2)C(=O)Nc2cnc3ccccc3c2)C1. The molecule has 0 bridgehead atoms. The van der Waals surface area contributed by atoms with E-state index < -0.39 is 18.1 Å². The van der Waals surface area contributed by atoms with Gasteiger partial charge in [-0.1, -0.05) is 48.5 Å². The van der Waals surface area contributed by atoms with E-state index in [-0.39, 0.29) is 23.8 Å². The summed E-state index contributed by atoms with van der Waals surface area (Å²) in [4.78, 5) is 42.6. The molecule has 4 atom stereocenters. The fourth-order valence-corrected chi connectivity index (χ4v) is 4.24. The minimum atomic E-state index is -0.747. The van der Waals surface area contributed by atoms with Crippen molar-refractivity contribution in [2.75, 3.05) is 11.9 Å². The van der Waals surface area contributed by atoms with E-state index in [4.69, 9.17) is 5.73 Å². The summed E-state index contributed by atoms with van der Waals surface area (Å²) in [7, 11) is 0. The topological polar surface area (TPSA) is 138 Å². The molecule has 1 aromatic heterocycles. The number of anilines is 1. The van der Waals surface area contributed by atoms with Crippen LogP contribution in [0.15, 0.2) is 66.9 Å². The zero-order chi connectivity index (χ0) is 25.5. The smallest absolute Gasteiger partial charge is 0.247 e. The van der Waals surface area contributed by atoms with Crippen molar-refractivity contribution >= 4 is 34.3 Å². The number of nitrogens with one attached hydrogen (secondary N) is 4. The van der Waals surface area contributed by atoms with Crippen LogP contribution < -0.4 is 27.0 Å². The van der Waals surface area contributed by atoms with Crippen LogP contribution in [0.3, 0.4) is 0 Å². The first-order valence-electron chi connectivity index (χ1n) is 12.2. The van der Waals surface area contributed by atoms with Crippen LogP contribution in [-0.4, -0.2) is 53.4 Å². The first-order valence-corrected chi connectivity index (χ1v) is 12.2. The monoisotopic (exact) mass is 488 g/mol. The van der Waals surface area contributed by atoms with Gasteiger partial charge in [0.2, 0.25) is 17.7 Å². The lowest BCUT2D eigenvalue weighted by Gasteiger charge is -2.21. The van der Waals surface area contributed by atoms with Crippen LogP contribution in [0.25, 0.3) is 10.9 Å². The quantitative estimate of drug-likeness (QED) is 0.309. The number of amides is 3. The summed E-state index contributed by atoms with van der Waals surface area (Å²) in [5.74, 6) is -0.847. The number of para-hydroxylation sites is 1. The van der Waals surface area contributed by atoms with Gasteiger partial charge in [0.15, 0.2) is 0 Å². The summed E-state index contributed by atoms with van der Waals surface area (Å²) in [5.41, 5.74) is 8.10. The van der Waals surface area contributed by atoms with Gasteiger partial charge < -0.3 is 27.0 Å². The van der Waals surface area contributed by atoms with Gasteiger partial charge in [-0.3, -0.25) is 19.4 Å². The molecule has 188 valence electrons. The predicted molar refractivity (Wildman–Crippen MR) is 139 cm³/mol. The first-order chi connectivity index (χ1) is 17.4. The number of pyridine rings is 1. The van der Waals surface area contributed by atoms with Crippen LogP contribution in [0.4, 0.5) is 5.69 Å². The fraction of sp³-hybridized carbons (Fsp3) is 0.333. The Hall–Kier alpha value is -3.82. The van der Waals surface area contributed by atoms with Gasteiger partial charge in [0.05, 0.1) is 29.5 Å². The average molecular weight is 489 g/mol. The molecule has 3 aromatic rings. The number of carbonyl (C=O) groups is 3. The number of nitrogens with two attached hydrogens (primary N) is 1. The molecule has 0 aliphatic carbocycles. The molecule has 2 aromatic carbocycles. The summed E-state index contributed by atoms with van der Waals surface area (Å²) in [6, 6.07) is 17.3. The molecule has 3 amide bonds. The summed E-state index contributed by atoms with van der Waals surface area (Å²) < 4.78 is 0. The van der Waals surface area contributed by atoms with Gasteiger partial charge in [-0.15, -0.1) is 0 Å². The fourth-order valence-electron chi connectivity index (χ4n) is 4.24. The van der Waals surface area contributed by atoms with E-state index in [0.29, 0.717) is 31.5 Å². The summed E-state index contributed by atoms with van der Waals surface area (Å²) >= 11 is 0. The molecule has 6 N–H and O–H groups in total. The molecule has 0 spiro atoms. The molecule has 2 heterocycles. The maximum atomic E-state index is 13.3. The lowest BCUT2D eigenvalue weighted by atomic mass is 10.0. The van der Waals surface area contributed by atoms with E-state index in [1.807, 2.05) is 60.7 Å². The average Bonchev–Trinajstić information content (AvgIpc) is 3.35. The Bertz CT molecular complexity index is 1220. The molecule has 0 unspecified atom stereocenters. The first kappa shape index (κ1) is 25.3. The van der Waals surface area contributed by atoms with Crippen LogP contribution in [0.1, 0.15) is 25.3 Å². The second-order valence-electron chi connectivity index (χ2n) is 9.18. The molecular formula is C27H32N6O3. The highest BCUT2D eigenvalue weighted by Gasteiger charge is 2.33. The van der Waals surface area contributed by atoms with Gasteiger partial charge >= 0.3 is 0 Å². The normalized spacial score (nSPS) is 18.8. The van der Waals surface area contributed by atoms with Gasteiger partial charge in [0.25, 0.3) is 0 Å². The van der Waals surface area contributed by atoms with E-state index in [1.165, 1.54) is 0 Å². The molecule has 0 radical (unpaired) electrons. The minimum absolute atomic E-state index is 0.195. The maximum absolute atomic E-state index is 13.3.